The lowest BCUT2D eigenvalue weighted by molar-refractivity contribution is -0.122. The predicted molar refractivity (Wildman–Crippen MR) is 132 cm³/mol. The zero-order chi connectivity index (χ0) is 25.8. The summed E-state index contributed by atoms with van der Waals surface area (Å²) in [6, 6.07) is 18.3. The minimum absolute atomic E-state index is 0.209. The summed E-state index contributed by atoms with van der Waals surface area (Å²) in [5.41, 5.74) is 4.25. The number of imide groups is 1. The van der Waals surface area contributed by atoms with Gasteiger partial charge < -0.3 is 9.47 Å². The summed E-state index contributed by atoms with van der Waals surface area (Å²) in [4.78, 5) is 54.0. The molecule has 0 radical (unpaired) electrons. The van der Waals surface area contributed by atoms with Crippen molar-refractivity contribution >= 4 is 29.3 Å². The molecule has 0 aromatic heterocycles. The van der Waals surface area contributed by atoms with Crippen LogP contribution >= 0.6 is 0 Å². The maximum atomic E-state index is 13.5. The molecule has 1 aliphatic heterocycles. The molecule has 9 heteroatoms. The van der Waals surface area contributed by atoms with E-state index in [2.05, 4.69) is 5.43 Å². The first-order valence-corrected chi connectivity index (χ1v) is 11.2. The number of aryl methyl sites for hydroxylation is 1. The molecule has 1 atom stereocenters. The largest absolute Gasteiger partial charge is 0.497 e. The van der Waals surface area contributed by atoms with Gasteiger partial charge in [0, 0.05) is 17.2 Å². The summed E-state index contributed by atoms with van der Waals surface area (Å²) in [6.07, 6.45) is -0.300. The summed E-state index contributed by atoms with van der Waals surface area (Å²) >= 11 is 0. The van der Waals surface area contributed by atoms with E-state index in [1.54, 1.807) is 54.6 Å². The summed E-state index contributed by atoms with van der Waals surface area (Å²) in [6.45, 7) is 1.84. The number of methoxy groups -OCH3 is 2. The number of hydrazine groups is 1. The minimum Gasteiger partial charge on any atom is -0.497 e. The minimum atomic E-state index is -1.24. The summed E-state index contributed by atoms with van der Waals surface area (Å²) in [5, 5.41) is 0.937. The number of anilines is 1. The molecule has 0 spiro atoms. The lowest BCUT2D eigenvalue weighted by atomic mass is 10.1. The zero-order valence-corrected chi connectivity index (χ0v) is 20.1. The van der Waals surface area contributed by atoms with E-state index in [1.807, 2.05) is 13.0 Å². The Morgan fingerprint density at radius 3 is 2.25 bits per heavy atom. The van der Waals surface area contributed by atoms with Crippen molar-refractivity contribution in [3.05, 3.63) is 89.5 Å². The maximum Gasteiger partial charge on any atom is 0.273 e. The highest BCUT2D eigenvalue weighted by Gasteiger charge is 2.45. The molecular formula is C27H25N3O6. The van der Waals surface area contributed by atoms with Gasteiger partial charge in [-0.1, -0.05) is 23.8 Å². The van der Waals surface area contributed by atoms with Crippen LogP contribution in [0.15, 0.2) is 72.8 Å². The van der Waals surface area contributed by atoms with Crippen LogP contribution in [0.5, 0.6) is 11.5 Å². The van der Waals surface area contributed by atoms with Crippen LogP contribution in [-0.4, -0.2) is 48.9 Å². The molecule has 1 aliphatic rings. The van der Waals surface area contributed by atoms with Gasteiger partial charge in [-0.25, -0.2) is 9.91 Å². The van der Waals surface area contributed by atoms with Crippen LogP contribution in [0.25, 0.3) is 0 Å². The molecule has 184 valence electrons. The van der Waals surface area contributed by atoms with E-state index in [9.17, 15) is 19.2 Å². The average molecular weight is 488 g/mol. The van der Waals surface area contributed by atoms with Crippen molar-refractivity contribution in [2.75, 3.05) is 19.1 Å². The summed E-state index contributed by atoms with van der Waals surface area (Å²) in [7, 11) is 2.98. The van der Waals surface area contributed by atoms with Gasteiger partial charge in [-0.05, 0) is 55.5 Å². The fourth-order valence-electron chi connectivity index (χ4n) is 3.94. The van der Waals surface area contributed by atoms with E-state index in [4.69, 9.17) is 9.47 Å². The Hall–Kier alpha value is -4.66. The van der Waals surface area contributed by atoms with Gasteiger partial charge in [0.2, 0.25) is 5.91 Å². The third-order valence-electron chi connectivity index (χ3n) is 5.80. The van der Waals surface area contributed by atoms with E-state index in [-0.39, 0.29) is 12.0 Å². The molecule has 1 N–H and O–H groups in total. The predicted octanol–water partition coefficient (Wildman–Crippen LogP) is 3.13. The summed E-state index contributed by atoms with van der Waals surface area (Å²) in [5.74, 6) is -1.36. The van der Waals surface area contributed by atoms with Gasteiger partial charge in [0.1, 0.15) is 17.5 Å². The van der Waals surface area contributed by atoms with Gasteiger partial charge in [-0.15, -0.1) is 0 Å². The average Bonchev–Trinajstić information content (AvgIpc) is 3.20. The normalized spacial score (nSPS) is 15.0. The molecule has 3 aromatic rings. The van der Waals surface area contributed by atoms with E-state index in [0.29, 0.717) is 22.7 Å². The van der Waals surface area contributed by atoms with Crippen LogP contribution in [0.2, 0.25) is 0 Å². The van der Waals surface area contributed by atoms with Crippen molar-refractivity contribution in [3.8, 4) is 11.5 Å². The molecule has 0 saturated carbocycles. The van der Waals surface area contributed by atoms with Gasteiger partial charge in [0.25, 0.3) is 17.7 Å². The van der Waals surface area contributed by atoms with Crippen LogP contribution in [0, 0.1) is 6.92 Å². The van der Waals surface area contributed by atoms with Gasteiger partial charge in [-0.2, -0.15) is 0 Å². The Kier molecular flexibility index (Phi) is 7.00. The number of benzene rings is 3. The molecule has 0 aliphatic carbocycles. The summed E-state index contributed by atoms with van der Waals surface area (Å²) < 4.78 is 10.3. The first-order chi connectivity index (χ1) is 17.3. The smallest absolute Gasteiger partial charge is 0.273 e. The first kappa shape index (κ1) is 24.5. The highest BCUT2D eigenvalue weighted by molar-refractivity contribution is 6.23. The van der Waals surface area contributed by atoms with Crippen molar-refractivity contribution in [1.29, 1.82) is 0 Å². The SMILES string of the molecule is COc1ccc(C(=O)N(NC(=O)c2cccc(C)c2)C2CC(=O)N(c3cccc(OC)c3)C2=O)cc1. The van der Waals surface area contributed by atoms with Crippen molar-refractivity contribution in [2.24, 2.45) is 0 Å². The second-order valence-electron chi connectivity index (χ2n) is 8.20. The van der Waals surface area contributed by atoms with Crippen LogP contribution in [0.3, 0.4) is 0 Å². The third kappa shape index (κ3) is 4.90. The lowest BCUT2D eigenvalue weighted by Gasteiger charge is -2.28. The number of amides is 4. The van der Waals surface area contributed by atoms with Crippen LogP contribution in [-0.2, 0) is 9.59 Å². The number of hydrogen-bond acceptors (Lipinski definition) is 6. The highest BCUT2D eigenvalue weighted by Crippen LogP contribution is 2.29. The van der Waals surface area contributed by atoms with Crippen molar-refractivity contribution in [3.63, 3.8) is 0 Å². The maximum absolute atomic E-state index is 13.5. The van der Waals surface area contributed by atoms with Crippen LogP contribution < -0.4 is 19.8 Å². The third-order valence-corrected chi connectivity index (χ3v) is 5.80. The number of carbonyl (C=O) groups excluding carboxylic acids is 4. The Labute approximate surface area is 208 Å². The fraction of sp³-hybridized carbons (Fsp3) is 0.185. The van der Waals surface area contributed by atoms with E-state index in [1.165, 1.54) is 26.4 Å². The van der Waals surface area contributed by atoms with Crippen molar-refractivity contribution in [2.45, 2.75) is 19.4 Å². The Morgan fingerprint density at radius 1 is 0.889 bits per heavy atom. The molecule has 4 amide bonds. The first-order valence-electron chi connectivity index (χ1n) is 11.2. The van der Waals surface area contributed by atoms with Gasteiger partial charge in [0.15, 0.2) is 0 Å². The van der Waals surface area contributed by atoms with Crippen LogP contribution in [0.1, 0.15) is 32.7 Å². The molecule has 1 unspecified atom stereocenters. The standard InChI is InChI=1S/C27H25N3O6/c1-17-6-4-7-19(14-17)25(32)28-30(26(33)18-10-12-21(35-2)13-11-18)23-16-24(31)29(27(23)34)20-8-5-9-22(15-20)36-3/h4-15,23H,16H2,1-3H3,(H,28,32). The number of hydrogen-bond donors (Lipinski definition) is 1. The zero-order valence-electron chi connectivity index (χ0n) is 20.1. The molecule has 4 rings (SSSR count). The van der Waals surface area contributed by atoms with E-state index in [0.717, 1.165) is 15.5 Å². The van der Waals surface area contributed by atoms with Crippen LogP contribution in [0.4, 0.5) is 5.69 Å². The second-order valence-corrected chi connectivity index (χ2v) is 8.20. The highest BCUT2D eigenvalue weighted by atomic mass is 16.5. The lowest BCUT2D eigenvalue weighted by Crippen LogP contribution is -2.54. The Morgan fingerprint density at radius 2 is 1.58 bits per heavy atom. The molecule has 1 fully saturated rings. The fourth-order valence-corrected chi connectivity index (χ4v) is 3.94. The molecule has 1 heterocycles. The molecule has 3 aromatic carbocycles. The molecule has 1 saturated heterocycles. The number of rotatable bonds is 6. The number of nitrogens with one attached hydrogen (secondary N) is 1. The number of ether oxygens (including phenoxy) is 2. The van der Waals surface area contributed by atoms with Crippen molar-refractivity contribution in [1.82, 2.24) is 10.4 Å². The molecule has 9 nitrogen and oxygen atoms in total. The Balaban J connectivity index is 1.68. The van der Waals surface area contributed by atoms with Gasteiger partial charge in [-0.3, -0.25) is 24.6 Å². The van der Waals surface area contributed by atoms with Gasteiger partial charge in [0.05, 0.1) is 26.3 Å². The van der Waals surface area contributed by atoms with Crippen molar-refractivity contribution < 1.29 is 28.7 Å². The number of carbonyl (C=O) groups is 4. The quantitative estimate of drug-likeness (QED) is 0.423. The molecule has 0 bridgehead atoms. The Bertz CT molecular complexity index is 1320. The number of nitrogens with zero attached hydrogens (tertiary/aromatic N) is 2. The van der Waals surface area contributed by atoms with E-state index < -0.39 is 29.7 Å². The van der Waals surface area contributed by atoms with E-state index >= 15 is 0 Å². The second kappa shape index (κ2) is 10.3. The topological polar surface area (TPSA) is 105 Å². The molecular weight excluding hydrogens is 462 g/mol. The monoisotopic (exact) mass is 487 g/mol. The van der Waals surface area contributed by atoms with Gasteiger partial charge >= 0.3 is 0 Å². The molecule has 36 heavy (non-hydrogen) atoms.